The maximum Gasteiger partial charge on any atom is 0.310 e. The zero-order valence-electron chi connectivity index (χ0n) is 8.51. The van der Waals surface area contributed by atoms with Crippen molar-refractivity contribution in [3.05, 3.63) is 11.8 Å². The third-order valence-electron chi connectivity index (χ3n) is 2.48. The van der Waals surface area contributed by atoms with Crippen molar-refractivity contribution in [3.63, 3.8) is 0 Å². The van der Waals surface area contributed by atoms with Crippen LogP contribution in [-0.4, -0.2) is 5.97 Å². The molecule has 1 aliphatic carbocycles. The van der Waals surface area contributed by atoms with Crippen LogP contribution in [0.4, 0.5) is 0 Å². The summed E-state index contributed by atoms with van der Waals surface area (Å²) in [5, 5.41) is 0. The Morgan fingerprint density at radius 1 is 1.62 bits per heavy atom. The molecule has 0 aliphatic heterocycles. The summed E-state index contributed by atoms with van der Waals surface area (Å²) in [6.45, 7) is 3.99. The molecule has 0 unspecified atom stereocenters. The van der Waals surface area contributed by atoms with Crippen LogP contribution in [0.15, 0.2) is 11.8 Å². The molecular weight excluding hydrogens is 164 g/mol. The van der Waals surface area contributed by atoms with Crippen LogP contribution in [0.25, 0.3) is 0 Å². The van der Waals surface area contributed by atoms with Gasteiger partial charge in [-0.1, -0.05) is 13.8 Å². The van der Waals surface area contributed by atoms with Crippen molar-refractivity contribution in [2.24, 2.45) is 5.92 Å². The van der Waals surface area contributed by atoms with Gasteiger partial charge in [0.1, 0.15) is 5.76 Å². The zero-order chi connectivity index (χ0) is 9.68. The fraction of sp³-hybridized carbons (Fsp3) is 0.727. The number of ether oxygens (including phenoxy) is 1. The average Bonchev–Trinajstić information content (AvgIpc) is 2.18. The third kappa shape index (κ3) is 3.21. The fourth-order valence-corrected chi connectivity index (χ4v) is 1.59. The molecule has 0 aromatic rings. The second-order valence-corrected chi connectivity index (χ2v) is 3.52. The molecule has 0 amide bonds. The third-order valence-corrected chi connectivity index (χ3v) is 2.48. The number of esters is 1. The highest BCUT2D eigenvalue weighted by atomic mass is 16.5. The van der Waals surface area contributed by atoms with Gasteiger partial charge in [-0.05, 0) is 31.3 Å². The lowest BCUT2D eigenvalue weighted by molar-refractivity contribution is -0.139. The van der Waals surface area contributed by atoms with Crippen molar-refractivity contribution in [1.82, 2.24) is 0 Å². The highest BCUT2D eigenvalue weighted by molar-refractivity contribution is 5.70. The molecular formula is C11H18O2. The van der Waals surface area contributed by atoms with Gasteiger partial charge in [0, 0.05) is 12.8 Å². The van der Waals surface area contributed by atoms with Crippen LogP contribution in [0.5, 0.6) is 0 Å². The summed E-state index contributed by atoms with van der Waals surface area (Å²) in [5.41, 5.74) is 0. The van der Waals surface area contributed by atoms with Crippen LogP contribution in [0.1, 0.15) is 46.0 Å². The van der Waals surface area contributed by atoms with Crippen LogP contribution in [0.3, 0.4) is 0 Å². The quantitative estimate of drug-likeness (QED) is 0.627. The number of allylic oxidation sites excluding steroid dienone is 2. The van der Waals surface area contributed by atoms with Crippen molar-refractivity contribution in [3.8, 4) is 0 Å². The summed E-state index contributed by atoms with van der Waals surface area (Å²) in [6, 6.07) is 0. The molecule has 2 nitrogen and oxygen atoms in total. The molecule has 1 atom stereocenters. The van der Waals surface area contributed by atoms with Crippen LogP contribution in [0.2, 0.25) is 0 Å². The van der Waals surface area contributed by atoms with Crippen LogP contribution >= 0.6 is 0 Å². The van der Waals surface area contributed by atoms with E-state index in [0.29, 0.717) is 12.3 Å². The monoisotopic (exact) mass is 182 g/mol. The Bertz CT molecular complexity index is 206. The fourth-order valence-electron chi connectivity index (χ4n) is 1.59. The largest absolute Gasteiger partial charge is 0.431 e. The minimum Gasteiger partial charge on any atom is -0.431 e. The van der Waals surface area contributed by atoms with E-state index in [2.05, 4.69) is 13.0 Å². The first kappa shape index (κ1) is 10.3. The predicted molar refractivity (Wildman–Crippen MR) is 52.1 cm³/mol. The first-order valence-electron chi connectivity index (χ1n) is 5.17. The molecule has 0 aromatic carbocycles. The van der Waals surface area contributed by atoms with E-state index in [0.717, 1.165) is 25.0 Å². The van der Waals surface area contributed by atoms with Crippen molar-refractivity contribution >= 4 is 5.97 Å². The van der Waals surface area contributed by atoms with E-state index in [-0.39, 0.29) is 5.97 Å². The van der Waals surface area contributed by atoms with Crippen LogP contribution in [-0.2, 0) is 9.53 Å². The molecule has 13 heavy (non-hydrogen) atoms. The number of hydrogen-bond donors (Lipinski definition) is 0. The molecule has 0 radical (unpaired) electrons. The summed E-state index contributed by atoms with van der Waals surface area (Å²) < 4.78 is 5.19. The minimum atomic E-state index is -0.108. The van der Waals surface area contributed by atoms with Gasteiger partial charge >= 0.3 is 5.97 Å². The second kappa shape index (κ2) is 5.05. The van der Waals surface area contributed by atoms with Gasteiger partial charge in [-0.3, -0.25) is 4.79 Å². The highest BCUT2D eigenvalue weighted by Crippen LogP contribution is 2.25. The van der Waals surface area contributed by atoms with Gasteiger partial charge < -0.3 is 4.74 Å². The van der Waals surface area contributed by atoms with Crippen molar-refractivity contribution in [2.45, 2.75) is 46.0 Å². The van der Waals surface area contributed by atoms with E-state index in [1.165, 1.54) is 6.42 Å². The van der Waals surface area contributed by atoms with Gasteiger partial charge in [0.2, 0.25) is 0 Å². The first-order chi connectivity index (χ1) is 6.26. The smallest absolute Gasteiger partial charge is 0.310 e. The SMILES string of the molecule is CCC(=O)OC1=C[C@H](CC)CCC1. The molecule has 1 aliphatic rings. The molecule has 0 fully saturated rings. The van der Waals surface area contributed by atoms with Gasteiger partial charge in [0.25, 0.3) is 0 Å². The van der Waals surface area contributed by atoms with Crippen LogP contribution in [0, 0.1) is 5.92 Å². The summed E-state index contributed by atoms with van der Waals surface area (Å²) >= 11 is 0. The molecule has 74 valence electrons. The number of rotatable bonds is 3. The second-order valence-electron chi connectivity index (χ2n) is 3.52. The van der Waals surface area contributed by atoms with Crippen molar-refractivity contribution < 1.29 is 9.53 Å². The number of hydrogen-bond acceptors (Lipinski definition) is 2. The summed E-state index contributed by atoms with van der Waals surface area (Å²) in [7, 11) is 0. The molecule has 0 aromatic heterocycles. The number of carbonyl (C=O) groups is 1. The van der Waals surface area contributed by atoms with E-state index in [1.54, 1.807) is 0 Å². The van der Waals surface area contributed by atoms with E-state index in [1.807, 2.05) is 6.92 Å². The Morgan fingerprint density at radius 2 is 2.38 bits per heavy atom. The molecule has 0 saturated heterocycles. The van der Waals surface area contributed by atoms with Gasteiger partial charge in [-0.15, -0.1) is 0 Å². The Balaban J connectivity index is 2.48. The summed E-state index contributed by atoms with van der Waals surface area (Å²) in [4.78, 5) is 11.0. The first-order valence-corrected chi connectivity index (χ1v) is 5.17. The average molecular weight is 182 g/mol. The molecule has 0 spiro atoms. The minimum absolute atomic E-state index is 0.108. The topological polar surface area (TPSA) is 26.3 Å². The van der Waals surface area contributed by atoms with E-state index in [4.69, 9.17) is 4.74 Å². The lowest BCUT2D eigenvalue weighted by Gasteiger charge is -2.18. The molecule has 0 saturated carbocycles. The lowest BCUT2D eigenvalue weighted by Crippen LogP contribution is -2.09. The van der Waals surface area contributed by atoms with Gasteiger partial charge in [-0.2, -0.15) is 0 Å². The number of carbonyl (C=O) groups excluding carboxylic acids is 1. The Labute approximate surface area is 80.0 Å². The zero-order valence-corrected chi connectivity index (χ0v) is 8.51. The normalized spacial score (nSPS) is 22.3. The van der Waals surface area contributed by atoms with Gasteiger partial charge in [0.05, 0.1) is 0 Å². The molecule has 2 heteroatoms. The Morgan fingerprint density at radius 3 is 3.00 bits per heavy atom. The van der Waals surface area contributed by atoms with Crippen molar-refractivity contribution in [1.29, 1.82) is 0 Å². The summed E-state index contributed by atoms with van der Waals surface area (Å²) in [5.74, 6) is 1.40. The van der Waals surface area contributed by atoms with E-state index >= 15 is 0 Å². The molecule has 0 bridgehead atoms. The standard InChI is InChI=1S/C11H18O2/c1-3-9-6-5-7-10(8-9)13-11(12)4-2/h8-9H,3-7H2,1-2H3/t9-/m1/s1. The predicted octanol–water partition coefficient (Wildman–Crippen LogP) is 3.03. The summed E-state index contributed by atoms with van der Waals surface area (Å²) in [6.07, 6.45) is 7.06. The van der Waals surface area contributed by atoms with Crippen LogP contribution < -0.4 is 0 Å². The lowest BCUT2D eigenvalue weighted by atomic mass is 9.93. The van der Waals surface area contributed by atoms with Crippen molar-refractivity contribution in [2.75, 3.05) is 0 Å². The maximum absolute atomic E-state index is 11.0. The van der Waals surface area contributed by atoms with E-state index in [9.17, 15) is 4.79 Å². The Hall–Kier alpha value is -0.790. The van der Waals surface area contributed by atoms with Gasteiger partial charge in [0.15, 0.2) is 0 Å². The Kier molecular flexibility index (Phi) is 4.00. The maximum atomic E-state index is 11.0. The molecule has 0 heterocycles. The van der Waals surface area contributed by atoms with Gasteiger partial charge in [-0.25, -0.2) is 0 Å². The molecule has 1 rings (SSSR count). The van der Waals surface area contributed by atoms with E-state index < -0.39 is 0 Å². The molecule has 0 N–H and O–H groups in total. The highest BCUT2D eigenvalue weighted by Gasteiger charge is 2.14.